The van der Waals surface area contributed by atoms with Crippen LogP contribution in [0.5, 0.6) is 0 Å². The van der Waals surface area contributed by atoms with E-state index >= 15 is 0 Å². The minimum absolute atomic E-state index is 0.153. The number of para-hydroxylation sites is 1. The van der Waals surface area contributed by atoms with Crippen LogP contribution >= 0.6 is 0 Å². The van der Waals surface area contributed by atoms with Gasteiger partial charge in [-0.2, -0.15) is 0 Å². The maximum absolute atomic E-state index is 11.4. The largest absolute Gasteiger partial charge is 0.481 e. The molecule has 0 bridgehead atoms. The smallest absolute Gasteiger partial charge is 0.306 e. The summed E-state index contributed by atoms with van der Waals surface area (Å²) in [4.78, 5) is 22.0. The molecule has 1 atom stereocenters. The van der Waals surface area contributed by atoms with Gasteiger partial charge in [-0.15, -0.1) is 0 Å². The van der Waals surface area contributed by atoms with Crippen LogP contribution in [0.15, 0.2) is 30.3 Å². The first-order chi connectivity index (χ1) is 7.59. The van der Waals surface area contributed by atoms with Crippen molar-refractivity contribution >= 4 is 17.6 Å². The predicted octanol–water partition coefficient (Wildman–Crippen LogP) is 2.13. The van der Waals surface area contributed by atoms with Gasteiger partial charge in [-0.25, -0.2) is 0 Å². The van der Waals surface area contributed by atoms with Crippen molar-refractivity contribution < 1.29 is 14.7 Å². The highest BCUT2D eigenvalue weighted by molar-refractivity contribution is 5.90. The number of hydrogen-bond acceptors (Lipinski definition) is 2. The van der Waals surface area contributed by atoms with E-state index < -0.39 is 11.9 Å². The van der Waals surface area contributed by atoms with Crippen LogP contribution in [0.3, 0.4) is 0 Å². The van der Waals surface area contributed by atoms with Crippen LogP contribution in [-0.2, 0) is 9.59 Å². The number of carboxylic acid groups (broad SMARTS) is 1. The van der Waals surface area contributed by atoms with Gasteiger partial charge in [0, 0.05) is 12.1 Å². The van der Waals surface area contributed by atoms with Gasteiger partial charge in [-0.05, 0) is 18.6 Å². The fourth-order valence-electron chi connectivity index (χ4n) is 1.22. The molecule has 0 aliphatic rings. The van der Waals surface area contributed by atoms with Crippen molar-refractivity contribution in [1.82, 2.24) is 0 Å². The number of amides is 1. The molecule has 1 aromatic carbocycles. The second-order valence-corrected chi connectivity index (χ2v) is 3.69. The summed E-state index contributed by atoms with van der Waals surface area (Å²) in [5.41, 5.74) is 0.732. The van der Waals surface area contributed by atoms with Crippen molar-refractivity contribution in [2.45, 2.75) is 19.8 Å². The number of carbonyl (C=O) groups excluding carboxylic acids is 1. The SMILES string of the molecule is C[C@@H](CCC(=O)Nc1ccccc1)C(=O)O. The zero-order chi connectivity index (χ0) is 12.0. The Balaban J connectivity index is 2.35. The highest BCUT2D eigenvalue weighted by atomic mass is 16.4. The number of nitrogens with one attached hydrogen (secondary N) is 1. The highest BCUT2D eigenvalue weighted by Gasteiger charge is 2.12. The molecule has 0 saturated carbocycles. The van der Waals surface area contributed by atoms with Crippen molar-refractivity contribution in [3.05, 3.63) is 30.3 Å². The van der Waals surface area contributed by atoms with Crippen LogP contribution in [-0.4, -0.2) is 17.0 Å². The van der Waals surface area contributed by atoms with E-state index in [9.17, 15) is 9.59 Å². The van der Waals surface area contributed by atoms with Gasteiger partial charge in [0.05, 0.1) is 5.92 Å². The second kappa shape index (κ2) is 5.90. The van der Waals surface area contributed by atoms with E-state index in [2.05, 4.69) is 5.32 Å². The maximum Gasteiger partial charge on any atom is 0.306 e. The molecule has 0 radical (unpaired) electrons. The number of benzene rings is 1. The molecule has 0 aliphatic heterocycles. The van der Waals surface area contributed by atoms with E-state index in [-0.39, 0.29) is 12.3 Å². The van der Waals surface area contributed by atoms with Crippen molar-refractivity contribution in [3.63, 3.8) is 0 Å². The number of aliphatic carboxylic acids is 1. The normalized spacial score (nSPS) is 11.8. The average molecular weight is 221 g/mol. The first kappa shape index (κ1) is 12.2. The minimum atomic E-state index is -0.868. The Hall–Kier alpha value is -1.84. The van der Waals surface area contributed by atoms with Gasteiger partial charge in [0.2, 0.25) is 5.91 Å². The molecule has 86 valence electrons. The Bertz CT molecular complexity index is 362. The van der Waals surface area contributed by atoms with Crippen LogP contribution in [0.2, 0.25) is 0 Å². The van der Waals surface area contributed by atoms with Gasteiger partial charge in [-0.3, -0.25) is 9.59 Å². The molecule has 2 N–H and O–H groups in total. The monoisotopic (exact) mass is 221 g/mol. The number of rotatable bonds is 5. The highest BCUT2D eigenvalue weighted by Crippen LogP contribution is 2.09. The zero-order valence-electron chi connectivity index (χ0n) is 9.14. The number of carbonyl (C=O) groups is 2. The van der Waals surface area contributed by atoms with Gasteiger partial charge in [0.25, 0.3) is 0 Å². The molecule has 1 rings (SSSR count). The lowest BCUT2D eigenvalue weighted by atomic mass is 10.1. The molecular weight excluding hydrogens is 206 g/mol. The van der Waals surface area contributed by atoms with Crippen molar-refractivity contribution in [1.29, 1.82) is 0 Å². The zero-order valence-corrected chi connectivity index (χ0v) is 9.14. The topological polar surface area (TPSA) is 66.4 Å². The maximum atomic E-state index is 11.4. The summed E-state index contributed by atoms with van der Waals surface area (Å²) in [6.07, 6.45) is 0.580. The van der Waals surface area contributed by atoms with Crippen molar-refractivity contribution in [3.8, 4) is 0 Å². The van der Waals surface area contributed by atoms with Crippen molar-refractivity contribution in [2.75, 3.05) is 5.32 Å². The molecule has 0 saturated heterocycles. The Morgan fingerprint density at radius 3 is 2.50 bits per heavy atom. The number of hydrogen-bond donors (Lipinski definition) is 2. The van der Waals surface area contributed by atoms with Crippen LogP contribution in [0.1, 0.15) is 19.8 Å². The third kappa shape index (κ3) is 4.13. The van der Waals surface area contributed by atoms with Gasteiger partial charge >= 0.3 is 5.97 Å². The van der Waals surface area contributed by atoms with Gasteiger partial charge in [0.1, 0.15) is 0 Å². The predicted molar refractivity (Wildman–Crippen MR) is 61.1 cm³/mol. The van der Waals surface area contributed by atoms with E-state index in [0.717, 1.165) is 5.69 Å². The quantitative estimate of drug-likeness (QED) is 0.800. The molecular formula is C12H15NO3. The summed E-state index contributed by atoms with van der Waals surface area (Å²) >= 11 is 0. The minimum Gasteiger partial charge on any atom is -0.481 e. The molecule has 4 heteroatoms. The third-order valence-electron chi connectivity index (χ3n) is 2.28. The summed E-state index contributed by atoms with van der Waals surface area (Å²) in [6, 6.07) is 9.10. The molecule has 0 fully saturated rings. The Morgan fingerprint density at radius 1 is 1.31 bits per heavy atom. The molecule has 0 aromatic heterocycles. The van der Waals surface area contributed by atoms with E-state index in [4.69, 9.17) is 5.11 Å². The second-order valence-electron chi connectivity index (χ2n) is 3.69. The molecule has 4 nitrogen and oxygen atoms in total. The first-order valence-electron chi connectivity index (χ1n) is 5.17. The van der Waals surface area contributed by atoms with E-state index in [1.807, 2.05) is 18.2 Å². The van der Waals surface area contributed by atoms with Gasteiger partial charge in [0.15, 0.2) is 0 Å². The number of anilines is 1. The molecule has 1 amide bonds. The van der Waals surface area contributed by atoms with E-state index in [1.165, 1.54) is 0 Å². The van der Waals surface area contributed by atoms with Crippen LogP contribution in [0, 0.1) is 5.92 Å². The standard InChI is InChI=1S/C12H15NO3/c1-9(12(15)16)7-8-11(14)13-10-5-3-2-4-6-10/h2-6,9H,7-8H2,1H3,(H,13,14)(H,15,16)/t9-/m0/s1. The summed E-state index contributed by atoms with van der Waals surface area (Å²) in [5.74, 6) is -1.51. The molecule has 0 unspecified atom stereocenters. The van der Waals surface area contributed by atoms with Gasteiger partial charge < -0.3 is 10.4 Å². The summed E-state index contributed by atoms with van der Waals surface area (Å²) in [5, 5.41) is 11.4. The Morgan fingerprint density at radius 2 is 1.94 bits per heavy atom. The third-order valence-corrected chi connectivity index (χ3v) is 2.28. The fraction of sp³-hybridized carbons (Fsp3) is 0.333. The molecule has 16 heavy (non-hydrogen) atoms. The molecule has 0 spiro atoms. The van der Waals surface area contributed by atoms with Gasteiger partial charge in [-0.1, -0.05) is 25.1 Å². The lowest BCUT2D eigenvalue weighted by molar-refractivity contribution is -0.141. The average Bonchev–Trinajstić information content (AvgIpc) is 2.27. The summed E-state index contributed by atoms with van der Waals surface area (Å²) < 4.78 is 0. The lowest BCUT2D eigenvalue weighted by Gasteiger charge is -2.07. The molecule has 0 heterocycles. The molecule has 0 aliphatic carbocycles. The summed E-state index contributed by atoms with van der Waals surface area (Å²) in [7, 11) is 0. The Labute approximate surface area is 94.3 Å². The fourth-order valence-corrected chi connectivity index (χ4v) is 1.22. The first-order valence-corrected chi connectivity index (χ1v) is 5.17. The van der Waals surface area contributed by atoms with Crippen LogP contribution in [0.4, 0.5) is 5.69 Å². The number of carboxylic acids is 1. The Kier molecular flexibility index (Phi) is 4.51. The lowest BCUT2D eigenvalue weighted by Crippen LogP contribution is -2.16. The van der Waals surface area contributed by atoms with E-state index in [1.54, 1.807) is 19.1 Å². The van der Waals surface area contributed by atoms with E-state index in [0.29, 0.717) is 6.42 Å². The van der Waals surface area contributed by atoms with Crippen LogP contribution < -0.4 is 5.32 Å². The molecule has 1 aromatic rings. The van der Waals surface area contributed by atoms with Crippen LogP contribution in [0.25, 0.3) is 0 Å². The van der Waals surface area contributed by atoms with Crippen molar-refractivity contribution in [2.24, 2.45) is 5.92 Å². The summed E-state index contributed by atoms with van der Waals surface area (Å²) in [6.45, 7) is 1.60.